The Balaban J connectivity index is 1.57. The summed E-state index contributed by atoms with van der Waals surface area (Å²) in [6.07, 6.45) is 4.15. The summed E-state index contributed by atoms with van der Waals surface area (Å²) in [5.74, 6) is 0.674. The van der Waals surface area contributed by atoms with Crippen LogP contribution in [0.5, 0.6) is 0 Å². The standard InChI is InChI=1S/C22H22N8O/c1-13(2)30-21-15(20(28-30)14-6-7-18(23)25-12-14)8-10-29-17(21)11-16(27-29)22(31)26-19-5-3-4-9-24-19/h3-7,9,11-13H,8,10H2,1-2H3,(H2,23,25)(H,24,26,31). The molecule has 1 aliphatic heterocycles. The lowest BCUT2D eigenvalue weighted by Crippen LogP contribution is -2.16. The van der Waals surface area contributed by atoms with E-state index in [9.17, 15) is 4.79 Å². The van der Waals surface area contributed by atoms with Gasteiger partial charge in [0.2, 0.25) is 0 Å². The number of amides is 1. The minimum Gasteiger partial charge on any atom is -0.384 e. The van der Waals surface area contributed by atoms with Crippen LogP contribution in [0, 0.1) is 0 Å². The van der Waals surface area contributed by atoms with Crippen LogP contribution in [0.1, 0.15) is 35.9 Å². The van der Waals surface area contributed by atoms with Gasteiger partial charge in [-0.15, -0.1) is 0 Å². The summed E-state index contributed by atoms with van der Waals surface area (Å²) in [7, 11) is 0. The maximum atomic E-state index is 12.8. The van der Waals surface area contributed by atoms with Gasteiger partial charge in [-0.1, -0.05) is 6.07 Å². The van der Waals surface area contributed by atoms with E-state index in [4.69, 9.17) is 10.8 Å². The molecule has 0 fully saturated rings. The maximum Gasteiger partial charge on any atom is 0.277 e. The first kappa shape index (κ1) is 19.0. The summed E-state index contributed by atoms with van der Waals surface area (Å²) >= 11 is 0. The van der Waals surface area contributed by atoms with Crippen molar-refractivity contribution in [2.75, 3.05) is 11.1 Å². The number of nitrogens with two attached hydrogens (primary N) is 1. The van der Waals surface area contributed by atoms with Crippen molar-refractivity contribution in [2.45, 2.75) is 32.9 Å². The lowest BCUT2D eigenvalue weighted by molar-refractivity contribution is 0.102. The largest absolute Gasteiger partial charge is 0.384 e. The number of nitrogen functional groups attached to an aromatic ring is 1. The van der Waals surface area contributed by atoms with Crippen LogP contribution in [0.25, 0.3) is 22.6 Å². The van der Waals surface area contributed by atoms with Crippen molar-refractivity contribution in [1.82, 2.24) is 29.5 Å². The van der Waals surface area contributed by atoms with Gasteiger partial charge < -0.3 is 11.1 Å². The average Bonchev–Trinajstić information content (AvgIpc) is 3.37. The molecule has 0 bridgehead atoms. The molecule has 0 aliphatic carbocycles. The number of nitrogens with zero attached hydrogens (tertiary/aromatic N) is 6. The highest BCUT2D eigenvalue weighted by atomic mass is 16.2. The molecule has 0 radical (unpaired) electrons. The molecule has 0 saturated heterocycles. The number of aryl methyl sites for hydroxylation is 1. The monoisotopic (exact) mass is 414 g/mol. The van der Waals surface area contributed by atoms with Crippen LogP contribution in [0.3, 0.4) is 0 Å². The van der Waals surface area contributed by atoms with Crippen LogP contribution in [-0.2, 0) is 13.0 Å². The fourth-order valence-electron chi connectivity index (χ4n) is 3.85. The molecule has 0 unspecified atom stereocenters. The second kappa shape index (κ2) is 7.35. The molecular formula is C22H22N8O. The van der Waals surface area contributed by atoms with Crippen molar-refractivity contribution in [3.63, 3.8) is 0 Å². The van der Waals surface area contributed by atoms with E-state index in [1.807, 2.05) is 27.6 Å². The number of nitrogens with one attached hydrogen (secondary N) is 1. The van der Waals surface area contributed by atoms with E-state index < -0.39 is 0 Å². The third-order valence-electron chi connectivity index (χ3n) is 5.29. The second-order valence-electron chi connectivity index (χ2n) is 7.74. The number of pyridine rings is 2. The Morgan fingerprint density at radius 3 is 2.74 bits per heavy atom. The Hall–Kier alpha value is -4.01. The first-order chi connectivity index (χ1) is 15.0. The number of hydrogen-bond acceptors (Lipinski definition) is 6. The van der Waals surface area contributed by atoms with Crippen LogP contribution >= 0.6 is 0 Å². The second-order valence-corrected chi connectivity index (χ2v) is 7.74. The molecule has 5 rings (SSSR count). The van der Waals surface area contributed by atoms with Crippen LogP contribution in [0.2, 0.25) is 0 Å². The first-order valence-corrected chi connectivity index (χ1v) is 10.1. The third-order valence-corrected chi connectivity index (χ3v) is 5.29. The van der Waals surface area contributed by atoms with E-state index in [1.54, 1.807) is 30.6 Å². The summed E-state index contributed by atoms with van der Waals surface area (Å²) in [4.78, 5) is 21.1. The van der Waals surface area contributed by atoms with Crippen LogP contribution in [0.15, 0.2) is 48.8 Å². The van der Waals surface area contributed by atoms with E-state index in [1.165, 1.54) is 0 Å². The molecule has 0 spiro atoms. The predicted octanol–water partition coefficient (Wildman–Crippen LogP) is 3.18. The number of aromatic nitrogens is 6. The van der Waals surface area contributed by atoms with Gasteiger partial charge in [-0.25, -0.2) is 9.97 Å². The Kier molecular flexibility index (Phi) is 4.50. The fraction of sp³-hybridized carbons (Fsp3) is 0.227. The third kappa shape index (κ3) is 3.33. The Labute approximate surface area is 178 Å². The number of carbonyl (C=O) groups is 1. The van der Waals surface area contributed by atoms with Crippen molar-refractivity contribution in [3.05, 3.63) is 60.0 Å². The van der Waals surface area contributed by atoms with Gasteiger partial charge in [-0.3, -0.25) is 14.2 Å². The Bertz CT molecular complexity index is 1250. The molecule has 1 amide bonds. The zero-order valence-electron chi connectivity index (χ0n) is 17.3. The summed E-state index contributed by atoms with van der Waals surface area (Å²) < 4.78 is 3.87. The van der Waals surface area contributed by atoms with Gasteiger partial charge in [-0.2, -0.15) is 10.2 Å². The van der Waals surface area contributed by atoms with E-state index in [-0.39, 0.29) is 11.9 Å². The average molecular weight is 414 g/mol. The molecule has 31 heavy (non-hydrogen) atoms. The zero-order chi connectivity index (χ0) is 21.5. The molecule has 0 saturated carbocycles. The highest BCUT2D eigenvalue weighted by molar-refractivity contribution is 6.03. The minimum atomic E-state index is -0.291. The van der Waals surface area contributed by atoms with Gasteiger partial charge in [0.15, 0.2) is 5.69 Å². The molecule has 9 heteroatoms. The topological polar surface area (TPSA) is 117 Å². The van der Waals surface area contributed by atoms with Gasteiger partial charge in [0, 0.05) is 36.1 Å². The maximum absolute atomic E-state index is 12.8. The van der Waals surface area contributed by atoms with Gasteiger partial charge in [0.25, 0.3) is 5.91 Å². The van der Waals surface area contributed by atoms with E-state index in [0.29, 0.717) is 23.9 Å². The summed E-state index contributed by atoms with van der Waals surface area (Å²) in [6.45, 7) is 4.84. The van der Waals surface area contributed by atoms with Crippen LogP contribution in [-0.4, -0.2) is 35.4 Å². The van der Waals surface area contributed by atoms with Crippen LogP contribution in [0.4, 0.5) is 11.6 Å². The molecule has 4 aromatic heterocycles. The van der Waals surface area contributed by atoms with E-state index in [0.717, 1.165) is 34.6 Å². The molecule has 9 nitrogen and oxygen atoms in total. The lowest BCUT2D eigenvalue weighted by Gasteiger charge is -2.18. The highest BCUT2D eigenvalue weighted by Crippen LogP contribution is 2.38. The van der Waals surface area contributed by atoms with Crippen molar-refractivity contribution in [1.29, 1.82) is 0 Å². The van der Waals surface area contributed by atoms with Gasteiger partial charge in [0.05, 0.1) is 17.1 Å². The van der Waals surface area contributed by atoms with E-state index >= 15 is 0 Å². The fourth-order valence-corrected chi connectivity index (χ4v) is 3.85. The molecule has 3 N–H and O–H groups in total. The van der Waals surface area contributed by atoms with Gasteiger partial charge in [-0.05, 0) is 50.6 Å². The van der Waals surface area contributed by atoms with Crippen molar-refractivity contribution in [2.24, 2.45) is 0 Å². The molecule has 5 heterocycles. The van der Waals surface area contributed by atoms with Crippen LogP contribution < -0.4 is 11.1 Å². The van der Waals surface area contributed by atoms with Crippen molar-refractivity contribution >= 4 is 17.5 Å². The molecule has 0 aromatic carbocycles. The number of rotatable bonds is 4. The summed E-state index contributed by atoms with van der Waals surface area (Å²) in [5.41, 5.74) is 10.9. The number of anilines is 2. The summed E-state index contributed by atoms with van der Waals surface area (Å²) in [6, 6.07) is 11.0. The molecular weight excluding hydrogens is 392 g/mol. The number of hydrogen-bond donors (Lipinski definition) is 2. The lowest BCUT2D eigenvalue weighted by atomic mass is 10.00. The molecule has 0 atom stereocenters. The van der Waals surface area contributed by atoms with Gasteiger partial charge in [0.1, 0.15) is 11.6 Å². The van der Waals surface area contributed by atoms with Crippen molar-refractivity contribution < 1.29 is 4.79 Å². The van der Waals surface area contributed by atoms with Gasteiger partial charge >= 0.3 is 0 Å². The SMILES string of the molecule is CC(C)n1nc(-c2ccc(N)nc2)c2c1-c1cc(C(=O)Nc3ccccn3)nn1CC2. The predicted molar refractivity (Wildman–Crippen MR) is 117 cm³/mol. The molecule has 4 aromatic rings. The minimum absolute atomic E-state index is 0.136. The van der Waals surface area contributed by atoms with E-state index in [2.05, 4.69) is 34.2 Å². The smallest absolute Gasteiger partial charge is 0.277 e. The van der Waals surface area contributed by atoms with Crippen molar-refractivity contribution in [3.8, 4) is 22.6 Å². The molecule has 1 aliphatic rings. The Morgan fingerprint density at radius 1 is 1.16 bits per heavy atom. The highest BCUT2D eigenvalue weighted by Gasteiger charge is 2.29. The summed E-state index contributed by atoms with van der Waals surface area (Å²) in [5, 5.41) is 12.2. The first-order valence-electron chi connectivity index (χ1n) is 10.1. The quantitative estimate of drug-likeness (QED) is 0.530. The molecule has 156 valence electrons. The zero-order valence-corrected chi connectivity index (χ0v) is 17.3. The number of carbonyl (C=O) groups excluding carboxylic acids is 1. The Morgan fingerprint density at radius 2 is 2.03 bits per heavy atom. The number of fused-ring (bicyclic) bond motifs is 3. The normalized spacial score (nSPS) is 12.5.